The number of hydrogen-bond donors (Lipinski definition) is 0. The van der Waals surface area contributed by atoms with Gasteiger partial charge in [0.2, 0.25) is 5.75 Å². The van der Waals surface area contributed by atoms with E-state index in [2.05, 4.69) is 14.5 Å². The summed E-state index contributed by atoms with van der Waals surface area (Å²) in [4.78, 5) is 12.8. The number of halogens is 2. The van der Waals surface area contributed by atoms with Crippen molar-refractivity contribution < 1.29 is 23.2 Å². The predicted molar refractivity (Wildman–Crippen MR) is 44.1 cm³/mol. The summed E-state index contributed by atoms with van der Waals surface area (Å²) >= 11 is 0. The lowest BCUT2D eigenvalue weighted by Gasteiger charge is -2.05. The van der Waals surface area contributed by atoms with E-state index >= 15 is 0 Å². The molecule has 82 valence electrons. The lowest BCUT2D eigenvalue weighted by Crippen LogP contribution is -2.05. The highest BCUT2D eigenvalue weighted by Gasteiger charge is 2.21. The van der Waals surface area contributed by atoms with Crippen LogP contribution in [0.1, 0.15) is 0 Å². The molecule has 0 aliphatic rings. The molecule has 0 spiro atoms. The molecule has 0 atom stereocenters. The van der Waals surface area contributed by atoms with E-state index in [-0.39, 0.29) is 5.75 Å². The Morgan fingerprint density at radius 1 is 1.60 bits per heavy atom. The molecule has 0 aliphatic heterocycles. The molecule has 0 fully saturated rings. The standard InChI is InChI=1S/C7H6F2N2O4/c1-14-4-2-5(15-7(8)9)6(10-3-4)11(12)13/h2-3,7H,1H3. The van der Waals surface area contributed by atoms with Gasteiger partial charge in [0.15, 0.2) is 11.9 Å². The molecule has 0 amide bonds. The van der Waals surface area contributed by atoms with Crippen LogP contribution in [0.4, 0.5) is 14.6 Å². The fraction of sp³-hybridized carbons (Fsp3) is 0.286. The maximum Gasteiger partial charge on any atom is 0.406 e. The third kappa shape index (κ3) is 2.73. The molecule has 0 bridgehead atoms. The third-order valence-corrected chi connectivity index (χ3v) is 1.43. The highest BCUT2D eigenvalue weighted by molar-refractivity contribution is 5.43. The summed E-state index contributed by atoms with van der Waals surface area (Å²) in [6.45, 7) is -3.15. The van der Waals surface area contributed by atoms with Gasteiger partial charge in [-0.05, 0) is 9.91 Å². The van der Waals surface area contributed by atoms with Gasteiger partial charge in [-0.1, -0.05) is 0 Å². The number of aromatic nitrogens is 1. The van der Waals surface area contributed by atoms with Gasteiger partial charge in [-0.25, -0.2) is 0 Å². The second-order valence-corrected chi connectivity index (χ2v) is 2.33. The van der Waals surface area contributed by atoms with E-state index in [1.807, 2.05) is 0 Å². The lowest BCUT2D eigenvalue weighted by molar-refractivity contribution is -0.391. The van der Waals surface area contributed by atoms with Crippen LogP contribution < -0.4 is 9.47 Å². The van der Waals surface area contributed by atoms with E-state index in [0.717, 1.165) is 12.3 Å². The summed E-state index contributed by atoms with van der Waals surface area (Å²) in [5.41, 5.74) is 0. The first kappa shape index (κ1) is 11.1. The van der Waals surface area contributed by atoms with Crippen LogP contribution >= 0.6 is 0 Å². The van der Waals surface area contributed by atoms with E-state index in [0.29, 0.717) is 0 Å². The Balaban J connectivity index is 3.10. The molecule has 0 saturated heterocycles. The summed E-state index contributed by atoms with van der Waals surface area (Å²) in [6, 6.07) is 0.970. The van der Waals surface area contributed by atoms with Gasteiger partial charge in [0.25, 0.3) is 0 Å². The minimum absolute atomic E-state index is 0.0938. The maximum atomic E-state index is 11.9. The smallest absolute Gasteiger partial charge is 0.406 e. The molecule has 8 heteroatoms. The van der Waals surface area contributed by atoms with Gasteiger partial charge in [-0.2, -0.15) is 8.78 Å². The molecule has 1 heterocycles. The van der Waals surface area contributed by atoms with Crippen molar-refractivity contribution in [1.82, 2.24) is 4.98 Å². The number of methoxy groups -OCH3 is 1. The minimum atomic E-state index is -3.15. The molecular formula is C7H6F2N2O4. The molecule has 0 N–H and O–H groups in total. The minimum Gasteiger partial charge on any atom is -0.493 e. The molecular weight excluding hydrogens is 214 g/mol. The van der Waals surface area contributed by atoms with E-state index in [9.17, 15) is 18.9 Å². The largest absolute Gasteiger partial charge is 0.493 e. The van der Waals surface area contributed by atoms with Crippen LogP contribution in [0.3, 0.4) is 0 Å². The van der Waals surface area contributed by atoms with Gasteiger partial charge in [0.1, 0.15) is 0 Å². The fourth-order valence-electron chi connectivity index (χ4n) is 0.851. The zero-order valence-corrected chi connectivity index (χ0v) is 7.52. The van der Waals surface area contributed by atoms with Gasteiger partial charge in [-0.3, -0.25) is 0 Å². The summed E-state index contributed by atoms with van der Waals surface area (Å²) < 4.78 is 32.4. The molecule has 0 radical (unpaired) electrons. The number of ether oxygens (including phenoxy) is 2. The van der Waals surface area contributed by atoms with Crippen molar-refractivity contribution in [1.29, 1.82) is 0 Å². The fourth-order valence-corrected chi connectivity index (χ4v) is 0.851. The summed E-state index contributed by atoms with van der Waals surface area (Å²) in [5.74, 6) is -1.32. The molecule has 0 unspecified atom stereocenters. The van der Waals surface area contributed by atoms with Gasteiger partial charge in [0, 0.05) is 6.07 Å². The first-order valence-corrected chi connectivity index (χ1v) is 3.68. The molecule has 0 saturated carbocycles. The monoisotopic (exact) mass is 220 g/mol. The van der Waals surface area contributed by atoms with Crippen molar-refractivity contribution in [3.05, 3.63) is 22.4 Å². The van der Waals surface area contributed by atoms with E-state index in [1.54, 1.807) is 0 Å². The van der Waals surface area contributed by atoms with E-state index in [4.69, 9.17) is 0 Å². The highest BCUT2D eigenvalue weighted by atomic mass is 19.3. The Hall–Kier alpha value is -1.99. The number of hydrogen-bond acceptors (Lipinski definition) is 5. The van der Waals surface area contributed by atoms with Crippen LogP contribution in [0.15, 0.2) is 12.3 Å². The van der Waals surface area contributed by atoms with Crippen molar-refractivity contribution in [3.63, 3.8) is 0 Å². The quantitative estimate of drug-likeness (QED) is 0.569. The number of rotatable bonds is 4. The van der Waals surface area contributed by atoms with Crippen LogP contribution in [0, 0.1) is 10.1 Å². The van der Waals surface area contributed by atoms with Gasteiger partial charge in [-0.15, -0.1) is 0 Å². The van der Waals surface area contributed by atoms with E-state index in [1.165, 1.54) is 7.11 Å². The van der Waals surface area contributed by atoms with Crippen molar-refractivity contribution in [3.8, 4) is 11.5 Å². The van der Waals surface area contributed by atoms with Crippen molar-refractivity contribution >= 4 is 5.82 Å². The zero-order valence-electron chi connectivity index (χ0n) is 7.52. The maximum absolute atomic E-state index is 11.9. The van der Waals surface area contributed by atoms with Crippen LogP contribution in [-0.2, 0) is 0 Å². The average Bonchev–Trinajstić information content (AvgIpc) is 2.16. The van der Waals surface area contributed by atoms with Gasteiger partial charge in [0.05, 0.1) is 7.11 Å². The number of nitro groups is 1. The van der Waals surface area contributed by atoms with Gasteiger partial charge >= 0.3 is 12.4 Å². The Kier molecular flexibility index (Phi) is 3.32. The molecule has 0 aliphatic carbocycles. The molecule has 1 aromatic rings. The Morgan fingerprint density at radius 3 is 2.73 bits per heavy atom. The first-order valence-electron chi connectivity index (χ1n) is 3.68. The normalized spacial score (nSPS) is 10.1. The number of nitrogens with zero attached hydrogens (tertiary/aromatic N) is 2. The Bertz CT molecular complexity index is 372. The van der Waals surface area contributed by atoms with Gasteiger partial charge < -0.3 is 19.6 Å². The van der Waals surface area contributed by atoms with Crippen molar-refractivity contribution in [2.75, 3.05) is 7.11 Å². The van der Waals surface area contributed by atoms with E-state index < -0.39 is 23.1 Å². The Labute approximate surface area is 82.6 Å². The van der Waals surface area contributed by atoms with Crippen LogP contribution in [0.25, 0.3) is 0 Å². The van der Waals surface area contributed by atoms with Crippen molar-refractivity contribution in [2.45, 2.75) is 6.61 Å². The van der Waals surface area contributed by atoms with Crippen LogP contribution in [0.5, 0.6) is 11.5 Å². The Morgan fingerprint density at radius 2 is 2.27 bits per heavy atom. The summed E-state index contributed by atoms with van der Waals surface area (Å²) in [7, 11) is 1.27. The second kappa shape index (κ2) is 4.49. The number of alkyl halides is 2. The zero-order chi connectivity index (χ0) is 11.4. The first-order chi connectivity index (χ1) is 7.04. The SMILES string of the molecule is COc1cnc([N+](=O)[O-])c(OC(F)F)c1. The lowest BCUT2D eigenvalue weighted by atomic mass is 10.4. The van der Waals surface area contributed by atoms with Crippen LogP contribution in [-0.4, -0.2) is 23.6 Å². The molecule has 1 rings (SSSR count). The number of pyridine rings is 1. The van der Waals surface area contributed by atoms with Crippen molar-refractivity contribution in [2.24, 2.45) is 0 Å². The molecule has 15 heavy (non-hydrogen) atoms. The van der Waals surface area contributed by atoms with Crippen LogP contribution in [0.2, 0.25) is 0 Å². The highest BCUT2D eigenvalue weighted by Crippen LogP contribution is 2.29. The predicted octanol–water partition coefficient (Wildman–Crippen LogP) is 1.60. The topological polar surface area (TPSA) is 74.5 Å². The average molecular weight is 220 g/mol. The molecule has 6 nitrogen and oxygen atoms in total. The molecule has 1 aromatic heterocycles. The summed E-state index contributed by atoms with van der Waals surface area (Å²) in [6.07, 6.45) is 1.04. The second-order valence-electron chi connectivity index (χ2n) is 2.33. The third-order valence-electron chi connectivity index (χ3n) is 1.43. The summed E-state index contributed by atoms with van der Waals surface area (Å²) in [5, 5.41) is 10.4. The molecule has 0 aromatic carbocycles.